The molecule has 1 heterocycles. The maximum Gasteiger partial charge on any atom is 0.344 e. The van der Waals surface area contributed by atoms with Gasteiger partial charge in [0, 0.05) is 4.47 Å². The molecule has 4 amide bonds. The van der Waals surface area contributed by atoms with Crippen LogP contribution >= 0.6 is 15.9 Å². The number of carbonyl (C=O) groups is 3. The van der Waals surface area contributed by atoms with E-state index in [0.29, 0.717) is 12.8 Å². The van der Waals surface area contributed by atoms with Gasteiger partial charge >= 0.3 is 6.03 Å². The Hall–Kier alpha value is -1.96. The largest absolute Gasteiger partial charge is 0.344 e. The molecule has 1 aliphatic heterocycles. The molecule has 1 aliphatic carbocycles. The van der Waals surface area contributed by atoms with E-state index in [1.807, 2.05) is 0 Å². The number of rotatable bonds is 2. The van der Waals surface area contributed by atoms with Crippen LogP contribution in [0, 0.1) is 5.82 Å². The minimum Gasteiger partial charge on any atom is -0.322 e. The van der Waals surface area contributed by atoms with Gasteiger partial charge in [0.05, 0.1) is 5.56 Å². The van der Waals surface area contributed by atoms with Crippen LogP contribution in [0.4, 0.5) is 9.18 Å². The quantitative estimate of drug-likeness (QED) is 0.770. The molecule has 1 saturated carbocycles. The molecule has 0 radical (unpaired) electrons. The molecule has 1 saturated heterocycles. The molecule has 2 aliphatic rings. The van der Waals surface area contributed by atoms with Crippen molar-refractivity contribution < 1.29 is 18.8 Å². The van der Waals surface area contributed by atoms with Gasteiger partial charge in [0.15, 0.2) is 0 Å². The first kappa shape index (κ1) is 15.9. The van der Waals surface area contributed by atoms with E-state index in [0.717, 1.165) is 36.4 Å². The summed E-state index contributed by atoms with van der Waals surface area (Å²) in [6.07, 6.45) is 3.89. The van der Waals surface area contributed by atoms with E-state index >= 15 is 0 Å². The molecule has 1 spiro atoms. The zero-order valence-electron chi connectivity index (χ0n) is 12.2. The van der Waals surface area contributed by atoms with Gasteiger partial charge in [-0.25, -0.2) is 9.18 Å². The van der Waals surface area contributed by atoms with E-state index in [4.69, 9.17) is 0 Å². The molecule has 6 nitrogen and oxygen atoms in total. The number of nitrogens with one attached hydrogen (secondary N) is 2. The van der Waals surface area contributed by atoms with Gasteiger partial charge < -0.3 is 5.32 Å². The van der Waals surface area contributed by atoms with E-state index in [-0.39, 0.29) is 10.0 Å². The summed E-state index contributed by atoms with van der Waals surface area (Å²) >= 11 is 3.09. The Bertz CT molecular complexity index is 689. The summed E-state index contributed by atoms with van der Waals surface area (Å²) in [5.74, 6) is -1.59. The van der Waals surface area contributed by atoms with Crippen molar-refractivity contribution >= 4 is 33.8 Å². The SMILES string of the molecule is O=C(NN1C(=O)NC2(CCCCC2)C1=O)c1ccc(F)cc1Br. The van der Waals surface area contributed by atoms with Gasteiger partial charge in [-0.3, -0.25) is 15.0 Å². The van der Waals surface area contributed by atoms with Gasteiger partial charge in [-0.2, -0.15) is 5.01 Å². The molecule has 0 atom stereocenters. The number of urea groups is 1. The van der Waals surface area contributed by atoms with Crippen molar-refractivity contribution in [3.63, 3.8) is 0 Å². The van der Waals surface area contributed by atoms with Gasteiger partial charge in [-0.05, 0) is 47.0 Å². The fraction of sp³-hybridized carbons (Fsp3) is 0.400. The number of nitrogens with zero attached hydrogens (tertiary/aromatic N) is 1. The molecule has 8 heteroatoms. The summed E-state index contributed by atoms with van der Waals surface area (Å²) in [7, 11) is 0. The van der Waals surface area contributed by atoms with Crippen molar-refractivity contribution in [1.82, 2.24) is 15.8 Å². The summed E-state index contributed by atoms with van der Waals surface area (Å²) in [6, 6.07) is 2.92. The number of hydrazine groups is 1. The van der Waals surface area contributed by atoms with Crippen LogP contribution in [0.1, 0.15) is 42.5 Å². The lowest BCUT2D eigenvalue weighted by Crippen LogP contribution is -2.51. The third-order valence-corrected chi connectivity index (χ3v) is 4.91. The first-order valence-electron chi connectivity index (χ1n) is 7.36. The minimum absolute atomic E-state index is 0.136. The average Bonchev–Trinajstić information content (AvgIpc) is 2.72. The van der Waals surface area contributed by atoms with Gasteiger partial charge in [0.1, 0.15) is 11.4 Å². The molecule has 3 rings (SSSR count). The van der Waals surface area contributed by atoms with Crippen molar-refractivity contribution in [3.05, 3.63) is 34.1 Å². The molecule has 0 unspecified atom stereocenters. The number of hydrogen-bond acceptors (Lipinski definition) is 3. The summed E-state index contributed by atoms with van der Waals surface area (Å²) in [6.45, 7) is 0. The lowest BCUT2D eigenvalue weighted by Gasteiger charge is -2.30. The lowest BCUT2D eigenvalue weighted by atomic mass is 9.82. The molecule has 1 aromatic carbocycles. The van der Waals surface area contributed by atoms with Gasteiger partial charge in [0.2, 0.25) is 0 Å². The maximum absolute atomic E-state index is 13.1. The van der Waals surface area contributed by atoms with Crippen molar-refractivity contribution in [2.75, 3.05) is 0 Å². The molecular formula is C15H15BrFN3O3. The van der Waals surface area contributed by atoms with Gasteiger partial charge in [-0.1, -0.05) is 19.3 Å². The number of benzene rings is 1. The molecule has 1 aromatic rings. The van der Waals surface area contributed by atoms with E-state index in [9.17, 15) is 18.8 Å². The van der Waals surface area contributed by atoms with Crippen LogP contribution in [0.25, 0.3) is 0 Å². The Morgan fingerprint density at radius 2 is 1.96 bits per heavy atom. The number of halogens is 2. The summed E-state index contributed by atoms with van der Waals surface area (Å²) in [5.41, 5.74) is 1.54. The second kappa shape index (κ2) is 5.92. The van der Waals surface area contributed by atoms with E-state index < -0.39 is 29.2 Å². The number of hydrogen-bond donors (Lipinski definition) is 2. The van der Waals surface area contributed by atoms with E-state index in [1.165, 1.54) is 6.07 Å². The second-order valence-electron chi connectivity index (χ2n) is 5.78. The number of carbonyl (C=O) groups excluding carboxylic acids is 3. The van der Waals surface area contributed by atoms with Crippen molar-refractivity contribution in [2.45, 2.75) is 37.6 Å². The van der Waals surface area contributed by atoms with Crippen molar-refractivity contribution in [1.29, 1.82) is 0 Å². The molecule has 23 heavy (non-hydrogen) atoms. The zero-order chi connectivity index (χ0) is 16.6. The molecule has 2 N–H and O–H groups in total. The molecular weight excluding hydrogens is 369 g/mol. The van der Waals surface area contributed by atoms with E-state index in [1.54, 1.807) is 0 Å². The lowest BCUT2D eigenvalue weighted by molar-refractivity contribution is -0.134. The second-order valence-corrected chi connectivity index (χ2v) is 6.63. The van der Waals surface area contributed by atoms with Crippen LogP contribution in [0.2, 0.25) is 0 Å². The smallest absolute Gasteiger partial charge is 0.322 e. The summed E-state index contributed by atoms with van der Waals surface area (Å²) < 4.78 is 13.3. The summed E-state index contributed by atoms with van der Waals surface area (Å²) in [4.78, 5) is 36.9. The Kier molecular flexibility index (Phi) is 4.09. The Balaban J connectivity index is 1.78. The monoisotopic (exact) mass is 383 g/mol. The predicted molar refractivity (Wildman–Crippen MR) is 82.8 cm³/mol. The maximum atomic E-state index is 13.1. The Morgan fingerprint density at radius 1 is 1.26 bits per heavy atom. The van der Waals surface area contributed by atoms with Crippen molar-refractivity contribution in [3.8, 4) is 0 Å². The molecule has 0 aromatic heterocycles. The Labute approximate surface area is 140 Å². The van der Waals surface area contributed by atoms with Crippen LogP contribution in [-0.4, -0.2) is 28.4 Å². The first-order chi connectivity index (χ1) is 10.9. The van der Waals surface area contributed by atoms with Crippen LogP contribution in [0.5, 0.6) is 0 Å². The van der Waals surface area contributed by atoms with Gasteiger partial charge in [0.25, 0.3) is 11.8 Å². The molecule has 0 bridgehead atoms. The first-order valence-corrected chi connectivity index (χ1v) is 8.15. The molecule has 2 fully saturated rings. The third-order valence-electron chi connectivity index (χ3n) is 4.26. The number of amides is 4. The highest BCUT2D eigenvalue weighted by Crippen LogP contribution is 2.33. The highest BCUT2D eigenvalue weighted by Gasteiger charge is 2.52. The zero-order valence-corrected chi connectivity index (χ0v) is 13.8. The van der Waals surface area contributed by atoms with Crippen LogP contribution in [-0.2, 0) is 4.79 Å². The van der Waals surface area contributed by atoms with Crippen LogP contribution in [0.3, 0.4) is 0 Å². The van der Waals surface area contributed by atoms with Crippen LogP contribution in [0.15, 0.2) is 22.7 Å². The highest BCUT2D eigenvalue weighted by molar-refractivity contribution is 9.10. The highest BCUT2D eigenvalue weighted by atomic mass is 79.9. The third kappa shape index (κ3) is 2.83. The summed E-state index contributed by atoms with van der Waals surface area (Å²) in [5, 5.41) is 3.43. The van der Waals surface area contributed by atoms with E-state index in [2.05, 4.69) is 26.7 Å². The minimum atomic E-state index is -0.900. The normalized spacial score (nSPS) is 19.8. The fourth-order valence-electron chi connectivity index (χ4n) is 3.05. The van der Waals surface area contributed by atoms with Gasteiger partial charge in [-0.15, -0.1) is 0 Å². The topological polar surface area (TPSA) is 78.5 Å². The average molecular weight is 384 g/mol. The van der Waals surface area contributed by atoms with Crippen LogP contribution < -0.4 is 10.7 Å². The molecule has 122 valence electrons. The Morgan fingerprint density at radius 3 is 2.61 bits per heavy atom. The number of imide groups is 1. The fourth-order valence-corrected chi connectivity index (χ4v) is 3.58. The standard InChI is InChI=1S/C15H15BrFN3O3/c16-11-8-9(17)4-5-10(11)12(21)19-20-13(22)15(18-14(20)23)6-2-1-3-7-15/h4-5,8H,1-3,6-7H2,(H,18,23)(H,19,21). The predicted octanol–water partition coefficient (Wildman–Crippen LogP) is 2.49. The van der Waals surface area contributed by atoms with Crippen molar-refractivity contribution in [2.24, 2.45) is 0 Å².